The second kappa shape index (κ2) is 6.81. The summed E-state index contributed by atoms with van der Waals surface area (Å²) < 4.78 is 19.6. The molecular formula is C15H16BrFN2O. The van der Waals surface area contributed by atoms with Crippen molar-refractivity contribution in [1.82, 2.24) is 10.3 Å². The Bertz CT molecular complexity index is 575. The van der Waals surface area contributed by atoms with E-state index in [4.69, 9.17) is 4.74 Å². The summed E-state index contributed by atoms with van der Waals surface area (Å²) in [6.07, 6.45) is 2.45. The van der Waals surface area contributed by atoms with Gasteiger partial charge in [-0.2, -0.15) is 0 Å². The van der Waals surface area contributed by atoms with Crippen molar-refractivity contribution in [2.45, 2.75) is 12.5 Å². The van der Waals surface area contributed by atoms with E-state index in [-0.39, 0.29) is 17.6 Å². The predicted molar refractivity (Wildman–Crippen MR) is 80.4 cm³/mol. The van der Waals surface area contributed by atoms with Crippen LogP contribution in [0.1, 0.15) is 17.3 Å². The normalized spacial score (nSPS) is 12.2. The molecule has 106 valence electrons. The number of pyridine rings is 1. The minimum Gasteiger partial charge on any atom is -0.494 e. The number of methoxy groups -OCH3 is 1. The summed E-state index contributed by atoms with van der Waals surface area (Å²) in [6, 6.07) is 8.91. The number of rotatable bonds is 5. The molecular weight excluding hydrogens is 323 g/mol. The molecule has 0 amide bonds. The maximum atomic E-state index is 13.8. The molecule has 1 unspecified atom stereocenters. The number of ether oxygens (including phenoxy) is 1. The lowest BCUT2D eigenvalue weighted by atomic mass is 10.0. The Morgan fingerprint density at radius 3 is 2.70 bits per heavy atom. The summed E-state index contributed by atoms with van der Waals surface area (Å²) in [5, 5.41) is 3.19. The molecule has 0 saturated carbocycles. The Kier molecular flexibility index (Phi) is 5.09. The third-order valence-electron chi connectivity index (χ3n) is 3.13. The van der Waals surface area contributed by atoms with Crippen molar-refractivity contribution in [3.05, 3.63) is 58.1 Å². The fourth-order valence-electron chi connectivity index (χ4n) is 2.02. The van der Waals surface area contributed by atoms with Gasteiger partial charge in [-0.3, -0.25) is 4.98 Å². The average molecular weight is 339 g/mol. The highest BCUT2D eigenvalue weighted by Crippen LogP contribution is 2.24. The Morgan fingerprint density at radius 2 is 2.15 bits per heavy atom. The number of nitrogens with one attached hydrogen (secondary N) is 1. The second-order valence-corrected chi connectivity index (χ2v) is 5.32. The van der Waals surface area contributed by atoms with Crippen molar-refractivity contribution < 1.29 is 9.13 Å². The molecule has 3 nitrogen and oxygen atoms in total. The largest absolute Gasteiger partial charge is 0.494 e. The molecule has 1 aromatic carbocycles. The Morgan fingerprint density at radius 1 is 1.35 bits per heavy atom. The standard InChI is InChI=1S/C15H16BrFN2O/c1-18-14(8-12-5-4-11(16)9-19-12)10-3-6-15(20-2)13(17)7-10/h3-7,9,14,18H,8H2,1-2H3. The van der Waals surface area contributed by atoms with Crippen LogP contribution in [0.3, 0.4) is 0 Å². The number of halogens is 2. The Labute approximate surface area is 126 Å². The molecule has 20 heavy (non-hydrogen) atoms. The van der Waals surface area contributed by atoms with E-state index >= 15 is 0 Å². The minimum absolute atomic E-state index is 0.00378. The summed E-state index contributed by atoms with van der Waals surface area (Å²) in [5.41, 5.74) is 1.82. The van der Waals surface area contributed by atoms with Crippen LogP contribution < -0.4 is 10.1 Å². The first kappa shape index (κ1) is 14.9. The SMILES string of the molecule is CNC(Cc1ccc(Br)cn1)c1ccc(OC)c(F)c1. The van der Waals surface area contributed by atoms with Crippen molar-refractivity contribution in [3.63, 3.8) is 0 Å². The zero-order chi connectivity index (χ0) is 14.5. The lowest BCUT2D eigenvalue weighted by Crippen LogP contribution is -2.19. The zero-order valence-electron chi connectivity index (χ0n) is 11.4. The van der Waals surface area contributed by atoms with Gasteiger partial charge in [0, 0.05) is 28.8 Å². The topological polar surface area (TPSA) is 34.2 Å². The van der Waals surface area contributed by atoms with Gasteiger partial charge in [-0.25, -0.2) is 4.39 Å². The van der Waals surface area contributed by atoms with Crippen LogP contribution in [0.25, 0.3) is 0 Å². The maximum absolute atomic E-state index is 13.8. The van der Waals surface area contributed by atoms with Crippen molar-refractivity contribution in [3.8, 4) is 5.75 Å². The average Bonchev–Trinajstić information content (AvgIpc) is 2.46. The molecule has 0 aliphatic rings. The number of likely N-dealkylation sites (N-methyl/N-ethyl adjacent to an activating group) is 1. The number of hydrogen-bond donors (Lipinski definition) is 1. The lowest BCUT2D eigenvalue weighted by Gasteiger charge is -2.17. The maximum Gasteiger partial charge on any atom is 0.165 e. The van der Waals surface area contributed by atoms with Crippen LogP contribution in [-0.4, -0.2) is 19.1 Å². The predicted octanol–water partition coefficient (Wildman–Crippen LogP) is 3.50. The molecule has 1 atom stereocenters. The molecule has 5 heteroatoms. The minimum atomic E-state index is -0.353. The Balaban J connectivity index is 2.19. The number of hydrogen-bond acceptors (Lipinski definition) is 3. The quantitative estimate of drug-likeness (QED) is 0.905. The number of benzene rings is 1. The molecule has 0 aliphatic carbocycles. The highest BCUT2D eigenvalue weighted by molar-refractivity contribution is 9.10. The van der Waals surface area contributed by atoms with Crippen LogP contribution in [0.4, 0.5) is 4.39 Å². The van der Waals surface area contributed by atoms with Crippen molar-refractivity contribution in [1.29, 1.82) is 0 Å². The summed E-state index contributed by atoms with van der Waals surface area (Å²) in [6.45, 7) is 0. The smallest absolute Gasteiger partial charge is 0.165 e. The summed E-state index contributed by atoms with van der Waals surface area (Å²) >= 11 is 3.36. The highest BCUT2D eigenvalue weighted by atomic mass is 79.9. The van der Waals surface area contributed by atoms with E-state index in [0.717, 1.165) is 15.7 Å². The molecule has 0 bridgehead atoms. The lowest BCUT2D eigenvalue weighted by molar-refractivity contribution is 0.385. The van der Waals surface area contributed by atoms with Crippen LogP contribution in [0.15, 0.2) is 41.0 Å². The monoisotopic (exact) mass is 338 g/mol. The number of nitrogens with zero attached hydrogens (tertiary/aromatic N) is 1. The van der Waals surface area contributed by atoms with Gasteiger partial charge in [0.15, 0.2) is 11.6 Å². The first-order chi connectivity index (χ1) is 9.63. The highest BCUT2D eigenvalue weighted by Gasteiger charge is 2.13. The molecule has 0 radical (unpaired) electrons. The second-order valence-electron chi connectivity index (χ2n) is 4.41. The summed E-state index contributed by atoms with van der Waals surface area (Å²) in [4.78, 5) is 4.34. The van der Waals surface area contributed by atoms with Gasteiger partial charge in [0.1, 0.15) is 0 Å². The zero-order valence-corrected chi connectivity index (χ0v) is 12.9. The van der Waals surface area contributed by atoms with E-state index in [1.54, 1.807) is 12.3 Å². The van der Waals surface area contributed by atoms with Gasteiger partial charge >= 0.3 is 0 Å². The molecule has 1 heterocycles. The summed E-state index contributed by atoms with van der Waals surface area (Å²) in [7, 11) is 3.31. The molecule has 0 aliphatic heterocycles. The number of aromatic nitrogens is 1. The molecule has 1 N–H and O–H groups in total. The van der Waals surface area contributed by atoms with Crippen molar-refractivity contribution >= 4 is 15.9 Å². The molecule has 0 fully saturated rings. The van der Waals surface area contributed by atoms with Crippen LogP contribution in [-0.2, 0) is 6.42 Å². The van der Waals surface area contributed by atoms with Crippen LogP contribution >= 0.6 is 15.9 Å². The molecule has 1 aromatic heterocycles. The van der Waals surface area contributed by atoms with Gasteiger partial charge in [0.05, 0.1) is 7.11 Å². The van der Waals surface area contributed by atoms with E-state index in [1.807, 2.05) is 25.2 Å². The van der Waals surface area contributed by atoms with E-state index < -0.39 is 0 Å². The van der Waals surface area contributed by atoms with E-state index in [2.05, 4.69) is 26.2 Å². The molecule has 0 spiro atoms. The van der Waals surface area contributed by atoms with Crippen molar-refractivity contribution in [2.75, 3.05) is 14.2 Å². The molecule has 2 aromatic rings. The van der Waals surface area contributed by atoms with Gasteiger partial charge < -0.3 is 10.1 Å². The van der Waals surface area contributed by atoms with Crippen molar-refractivity contribution in [2.24, 2.45) is 0 Å². The third kappa shape index (κ3) is 3.55. The third-order valence-corrected chi connectivity index (χ3v) is 3.60. The van der Waals surface area contributed by atoms with Crippen LogP contribution in [0, 0.1) is 5.82 Å². The first-order valence-corrected chi connectivity index (χ1v) is 7.04. The molecule has 2 rings (SSSR count). The van der Waals surface area contributed by atoms with Gasteiger partial charge in [-0.15, -0.1) is 0 Å². The van der Waals surface area contributed by atoms with Crippen LogP contribution in [0.5, 0.6) is 5.75 Å². The Hall–Kier alpha value is -1.46. The van der Waals surface area contributed by atoms with Gasteiger partial charge in [0.25, 0.3) is 0 Å². The van der Waals surface area contributed by atoms with E-state index in [0.29, 0.717) is 6.42 Å². The fourth-order valence-corrected chi connectivity index (χ4v) is 2.26. The van der Waals surface area contributed by atoms with Gasteiger partial charge in [-0.05, 0) is 52.8 Å². The summed E-state index contributed by atoms with van der Waals surface area (Å²) in [5.74, 6) is -0.0978. The molecule has 0 saturated heterocycles. The van der Waals surface area contributed by atoms with E-state index in [9.17, 15) is 4.39 Å². The van der Waals surface area contributed by atoms with Gasteiger partial charge in [-0.1, -0.05) is 6.07 Å². The fraction of sp³-hybridized carbons (Fsp3) is 0.267. The first-order valence-electron chi connectivity index (χ1n) is 6.25. The van der Waals surface area contributed by atoms with E-state index in [1.165, 1.54) is 13.2 Å². The van der Waals surface area contributed by atoms with Crippen LogP contribution in [0.2, 0.25) is 0 Å². The van der Waals surface area contributed by atoms with Gasteiger partial charge in [0.2, 0.25) is 0 Å².